The van der Waals surface area contributed by atoms with E-state index in [0.29, 0.717) is 11.6 Å². The van der Waals surface area contributed by atoms with Crippen molar-refractivity contribution in [3.8, 4) is 22.5 Å². The summed E-state index contributed by atoms with van der Waals surface area (Å²) in [5.74, 6) is 0.872. The summed E-state index contributed by atoms with van der Waals surface area (Å²) < 4.78 is 1.75. The zero-order valence-electron chi connectivity index (χ0n) is 16.0. The van der Waals surface area contributed by atoms with Crippen molar-refractivity contribution in [2.24, 2.45) is 7.05 Å². The Kier molecular flexibility index (Phi) is 3.82. The molecule has 1 aromatic carbocycles. The number of benzene rings is 1. The van der Waals surface area contributed by atoms with Gasteiger partial charge in [0.05, 0.1) is 6.20 Å². The molecule has 0 aliphatic heterocycles. The first-order chi connectivity index (χ1) is 14.0. The molecule has 0 aliphatic rings. The van der Waals surface area contributed by atoms with Crippen LogP contribution in [-0.4, -0.2) is 40.0 Å². The van der Waals surface area contributed by atoms with Gasteiger partial charge in [0.25, 0.3) is 0 Å². The summed E-state index contributed by atoms with van der Waals surface area (Å²) >= 11 is 0. The molecule has 0 aliphatic carbocycles. The van der Waals surface area contributed by atoms with Gasteiger partial charge < -0.3 is 10.1 Å². The summed E-state index contributed by atoms with van der Waals surface area (Å²) in [6.45, 7) is 1.70. The fourth-order valence-corrected chi connectivity index (χ4v) is 3.42. The molecule has 29 heavy (non-hydrogen) atoms. The Hall–Kier alpha value is -3.78. The lowest BCUT2D eigenvalue weighted by Gasteiger charge is -2.20. The van der Waals surface area contributed by atoms with Gasteiger partial charge in [-0.15, -0.1) is 0 Å². The van der Waals surface area contributed by atoms with Gasteiger partial charge in [-0.05, 0) is 18.6 Å². The molecule has 0 bridgehead atoms. The number of nitrogens with one attached hydrogen (secondary N) is 2. The third kappa shape index (κ3) is 2.90. The molecule has 144 valence electrons. The van der Waals surface area contributed by atoms with E-state index in [1.807, 2.05) is 62.0 Å². The quantitative estimate of drug-likeness (QED) is 0.441. The first-order valence-electron chi connectivity index (χ1n) is 9.19. The molecule has 0 radical (unpaired) electrons. The van der Waals surface area contributed by atoms with Crippen LogP contribution in [0.25, 0.3) is 33.5 Å². The van der Waals surface area contributed by atoms with Gasteiger partial charge in [-0.25, -0.2) is 9.97 Å². The summed E-state index contributed by atoms with van der Waals surface area (Å²) in [5, 5.41) is 23.4. The van der Waals surface area contributed by atoms with Crippen LogP contribution in [0.4, 0.5) is 0 Å². The fourth-order valence-electron chi connectivity index (χ4n) is 3.42. The minimum absolute atomic E-state index is 0.379. The number of fused-ring (bicyclic) bond motifs is 1. The Morgan fingerprint density at radius 3 is 2.69 bits per heavy atom. The number of aryl methyl sites for hydroxylation is 1. The highest BCUT2D eigenvalue weighted by atomic mass is 16.3. The van der Waals surface area contributed by atoms with Crippen molar-refractivity contribution < 1.29 is 5.11 Å². The predicted octanol–water partition coefficient (Wildman–Crippen LogP) is 3.00. The van der Waals surface area contributed by atoms with Gasteiger partial charge >= 0.3 is 0 Å². The Bertz CT molecular complexity index is 1300. The van der Waals surface area contributed by atoms with E-state index in [9.17, 15) is 5.11 Å². The van der Waals surface area contributed by atoms with Gasteiger partial charge in [0.1, 0.15) is 11.2 Å². The summed E-state index contributed by atoms with van der Waals surface area (Å²) in [5.41, 5.74) is 2.95. The first kappa shape index (κ1) is 17.3. The van der Waals surface area contributed by atoms with Crippen LogP contribution in [0.15, 0.2) is 61.2 Å². The lowest BCUT2D eigenvalue weighted by molar-refractivity contribution is 0.0926. The topological polar surface area (TPSA) is 108 Å². The molecule has 1 atom stereocenters. The number of H-pyrrole nitrogens is 2. The SMILES string of the molecule is Cn1cc(-c2cnc3[nH]cc(-c4n[nH]c(C(C)(O)c5ccccc5)n4)c3c2)cn1. The van der Waals surface area contributed by atoms with Crippen LogP contribution in [0.1, 0.15) is 18.3 Å². The Labute approximate surface area is 166 Å². The van der Waals surface area contributed by atoms with Crippen molar-refractivity contribution in [3.63, 3.8) is 0 Å². The zero-order valence-corrected chi connectivity index (χ0v) is 16.0. The third-order valence-electron chi connectivity index (χ3n) is 5.09. The summed E-state index contributed by atoms with van der Waals surface area (Å²) in [4.78, 5) is 12.2. The van der Waals surface area contributed by atoms with Crippen LogP contribution in [0.5, 0.6) is 0 Å². The second kappa shape index (κ2) is 6.39. The molecule has 8 heteroatoms. The van der Waals surface area contributed by atoms with Gasteiger partial charge in [-0.2, -0.15) is 10.2 Å². The van der Waals surface area contributed by atoms with Crippen LogP contribution in [-0.2, 0) is 12.6 Å². The van der Waals surface area contributed by atoms with Crippen molar-refractivity contribution in [2.75, 3.05) is 0 Å². The highest BCUT2D eigenvalue weighted by molar-refractivity contribution is 5.94. The Morgan fingerprint density at radius 2 is 1.93 bits per heavy atom. The normalized spacial score (nSPS) is 13.6. The fraction of sp³-hybridized carbons (Fsp3) is 0.143. The number of hydrogen-bond acceptors (Lipinski definition) is 5. The lowest BCUT2D eigenvalue weighted by atomic mass is 9.95. The molecule has 8 nitrogen and oxygen atoms in total. The van der Waals surface area contributed by atoms with E-state index in [-0.39, 0.29) is 0 Å². The molecule has 5 rings (SSSR count). The molecule has 4 aromatic heterocycles. The van der Waals surface area contributed by atoms with Crippen molar-refractivity contribution in [1.82, 2.24) is 34.9 Å². The molecule has 0 saturated heterocycles. The molecular formula is C21H19N7O. The molecule has 5 aromatic rings. The summed E-state index contributed by atoms with van der Waals surface area (Å²) in [7, 11) is 1.88. The molecule has 0 spiro atoms. The standard InChI is InChI=1S/C21H19N7O/c1-21(29,15-6-4-3-5-7-15)20-25-19(26-27-20)17-11-23-18-16(17)8-13(9-22-18)14-10-24-28(2)12-14/h3-12,29H,1-2H3,(H,22,23)(H,25,26,27). The number of rotatable bonds is 4. The van der Waals surface area contributed by atoms with Gasteiger partial charge in [0.15, 0.2) is 11.6 Å². The van der Waals surface area contributed by atoms with Crippen molar-refractivity contribution in [1.29, 1.82) is 0 Å². The van der Waals surface area contributed by atoms with Crippen LogP contribution < -0.4 is 0 Å². The van der Waals surface area contributed by atoms with E-state index in [4.69, 9.17) is 0 Å². The molecule has 4 heterocycles. The van der Waals surface area contributed by atoms with Gasteiger partial charge in [0.2, 0.25) is 0 Å². The average molecular weight is 385 g/mol. The van der Waals surface area contributed by atoms with Crippen molar-refractivity contribution in [2.45, 2.75) is 12.5 Å². The lowest BCUT2D eigenvalue weighted by Crippen LogP contribution is -2.24. The summed E-state index contributed by atoms with van der Waals surface area (Å²) in [6.07, 6.45) is 7.38. The number of pyridine rings is 1. The number of aromatic amines is 2. The monoisotopic (exact) mass is 385 g/mol. The zero-order chi connectivity index (χ0) is 20.0. The highest BCUT2D eigenvalue weighted by Gasteiger charge is 2.30. The smallest absolute Gasteiger partial charge is 0.183 e. The van der Waals surface area contributed by atoms with E-state index in [1.54, 1.807) is 17.8 Å². The minimum Gasteiger partial charge on any atom is -0.377 e. The number of aliphatic hydroxyl groups is 1. The molecule has 1 unspecified atom stereocenters. The Balaban J connectivity index is 1.57. The van der Waals surface area contributed by atoms with Gasteiger partial charge in [0, 0.05) is 47.7 Å². The van der Waals surface area contributed by atoms with Crippen molar-refractivity contribution >= 4 is 11.0 Å². The van der Waals surface area contributed by atoms with E-state index in [2.05, 4.69) is 30.2 Å². The largest absolute Gasteiger partial charge is 0.377 e. The first-order valence-corrected chi connectivity index (χ1v) is 9.19. The number of aromatic nitrogens is 7. The van der Waals surface area contributed by atoms with Crippen LogP contribution >= 0.6 is 0 Å². The highest BCUT2D eigenvalue weighted by Crippen LogP contribution is 2.31. The van der Waals surface area contributed by atoms with Crippen LogP contribution in [0, 0.1) is 0 Å². The van der Waals surface area contributed by atoms with E-state index in [1.165, 1.54) is 0 Å². The van der Waals surface area contributed by atoms with E-state index >= 15 is 0 Å². The molecule has 0 amide bonds. The number of nitrogens with zero attached hydrogens (tertiary/aromatic N) is 5. The van der Waals surface area contributed by atoms with Crippen LogP contribution in [0.3, 0.4) is 0 Å². The maximum Gasteiger partial charge on any atom is 0.183 e. The second-order valence-corrected chi connectivity index (χ2v) is 7.17. The third-order valence-corrected chi connectivity index (χ3v) is 5.09. The minimum atomic E-state index is -1.28. The van der Waals surface area contributed by atoms with Crippen molar-refractivity contribution in [3.05, 3.63) is 72.6 Å². The second-order valence-electron chi connectivity index (χ2n) is 7.17. The molecular weight excluding hydrogens is 366 g/mol. The molecule has 0 saturated carbocycles. The molecule has 3 N–H and O–H groups in total. The maximum atomic E-state index is 11.0. The Morgan fingerprint density at radius 1 is 1.10 bits per heavy atom. The van der Waals surface area contributed by atoms with Gasteiger partial charge in [-0.1, -0.05) is 30.3 Å². The molecule has 0 fully saturated rings. The van der Waals surface area contributed by atoms with Crippen LogP contribution in [0.2, 0.25) is 0 Å². The van der Waals surface area contributed by atoms with E-state index < -0.39 is 5.60 Å². The maximum absolute atomic E-state index is 11.0. The summed E-state index contributed by atoms with van der Waals surface area (Å²) in [6, 6.07) is 11.4. The predicted molar refractivity (Wildman–Crippen MR) is 109 cm³/mol. The number of hydrogen-bond donors (Lipinski definition) is 3. The van der Waals surface area contributed by atoms with E-state index in [0.717, 1.165) is 33.3 Å². The average Bonchev–Trinajstić information content (AvgIpc) is 3.47. The van der Waals surface area contributed by atoms with Gasteiger partial charge in [-0.3, -0.25) is 9.78 Å².